The molecule has 4 aromatic rings. The molecule has 0 unspecified atom stereocenters. The maximum Gasteiger partial charge on any atom is 0.272 e. The second-order valence-electron chi connectivity index (χ2n) is 6.40. The average Bonchev–Trinajstić information content (AvgIpc) is 3.19. The smallest absolute Gasteiger partial charge is 0.272 e. The van der Waals surface area contributed by atoms with Crippen LogP contribution in [-0.4, -0.2) is 21.2 Å². The van der Waals surface area contributed by atoms with Crippen LogP contribution < -0.4 is 10.9 Å². The minimum absolute atomic E-state index is 0.142. The number of nitrogens with one attached hydrogen (secondary N) is 2. The summed E-state index contributed by atoms with van der Waals surface area (Å²) in [6, 6.07) is 18.4. The number of imidazole rings is 1. The van der Waals surface area contributed by atoms with Crippen LogP contribution in [0.4, 0.5) is 4.39 Å². The lowest BCUT2D eigenvalue weighted by Crippen LogP contribution is -2.41. The Hall–Kier alpha value is -3.65. The summed E-state index contributed by atoms with van der Waals surface area (Å²) in [5.74, 6) is -1.17. The highest BCUT2D eigenvalue weighted by Gasteiger charge is 2.12. The molecule has 8 heteroatoms. The molecule has 0 aliphatic heterocycles. The predicted molar refractivity (Wildman–Crippen MR) is 113 cm³/mol. The second-order valence-corrected chi connectivity index (χ2v) is 7.45. The fraction of sp³-hybridized carbons (Fsp3) is 0.0455. The first-order valence-electron chi connectivity index (χ1n) is 9.11. The van der Waals surface area contributed by atoms with Crippen LogP contribution in [0.3, 0.4) is 0 Å². The van der Waals surface area contributed by atoms with E-state index in [4.69, 9.17) is 0 Å². The van der Waals surface area contributed by atoms with E-state index < -0.39 is 17.6 Å². The van der Waals surface area contributed by atoms with Gasteiger partial charge >= 0.3 is 0 Å². The lowest BCUT2D eigenvalue weighted by molar-refractivity contribution is 0.0844. The minimum Gasteiger partial charge on any atom is -0.307 e. The van der Waals surface area contributed by atoms with Crippen molar-refractivity contribution in [2.24, 2.45) is 0 Å². The van der Waals surface area contributed by atoms with Crippen LogP contribution in [0.2, 0.25) is 0 Å². The van der Waals surface area contributed by atoms with Crippen molar-refractivity contribution in [3.63, 3.8) is 0 Å². The lowest BCUT2D eigenvalue weighted by Gasteiger charge is -2.08. The van der Waals surface area contributed by atoms with Gasteiger partial charge < -0.3 is 4.40 Å². The molecule has 2 amide bonds. The van der Waals surface area contributed by atoms with Gasteiger partial charge in [-0.25, -0.2) is 9.37 Å². The van der Waals surface area contributed by atoms with Crippen molar-refractivity contribution >= 4 is 29.2 Å². The molecule has 150 valence electrons. The molecule has 2 aromatic heterocycles. The monoisotopic (exact) mass is 420 g/mol. The van der Waals surface area contributed by atoms with E-state index in [-0.39, 0.29) is 5.56 Å². The third-order valence-electron chi connectivity index (χ3n) is 4.33. The fourth-order valence-electron chi connectivity index (χ4n) is 2.81. The van der Waals surface area contributed by atoms with E-state index in [0.29, 0.717) is 11.3 Å². The average molecular weight is 420 g/mol. The molecule has 0 atom stereocenters. The quantitative estimate of drug-likeness (QED) is 0.380. The first-order chi connectivity index (χ1) is 14.6. The maximum atomic E-state index is 13.6. The van der Waals surface area contributed by atoms with E-state index in [9.17, 15) is 14.0 Å². The topological polar surface area (TPSA) is 75.5 Å². The van der Waals surface area contributed by atoms with Gasteiger partial charge in [0.1, 0.15) is 11.5 Å². The van der Waals surface area contributed by atoms with Gasteiger partial charge in [-0.05, 0) is 48.5 Å². The van der Waals surface area contributed by atoms with E-state index in [1.165, 1.54) is 18.2 Å². The number of thioether (sulfide) groups is 1. The molecule has 0 aliphatic rings. The lowest BCUT2D eigenvalue weighted by atomic mass is 10.2. The van der Waals surface area contributed by atoms with Crippen LogP contribution in [-0.2, 0) is 5.75 Å². The van der Waals surface area contributed by atoms with Crippen LogP contribution in [0.15, 0.2) is 84.0 Å². The SMILES string of the molecule is O=C(NNC(=O)c1ccccc1F)c1ccc(SCc2cn3ccccc3n2)cc1. The number of hydrogen-bond acceptors (Lipinski definition) is 4. The van der Waals surface area contributed by atoms with E-state index in [0.717, 1.165) is 16.2 Å². The van der Waals surface area contributed by atoms with Gasteiger partial charge in [0, 0.05) is 28.6 Å². The largest absolute Gasteiger partial charge is 0.307 e. The zero-order chi connectivity index (χ0) is 20.9. The number of pyridine rings is 1. The fourth-order valence-corrected chi connectivity index (χ4v) is 3.60. The number of halogens is 1. The molecule has 0 saturated carbocycles. The Morgan fingerprint density at radius 1 is 0.933 bits per heavy atom. The van der Waals surface area contributed by atoms with E-state index in [2.05, 4.69) is 15.8 Å². The van der Waals surface area contributed by atoms with Crippen LogP contribution in [0.1, 0.15) is 26.4 Å². The van der Waals surface area contributed by atoms with Crippen molar-refractivity contribution in [2.75, 3.05) is 0 Å². The summed E-state index contributed by atoms with van der Waals surface area (Å²) >= 11 is 1.61. The van der Waals surface area contributed by atoms with Gasteiger partial charge in [-0.3, -0.25) is 20.4 Å². The van der Waals surface area contributed by atoms with Crippen molar-refractivity contribution < 1.29 is 14.0 Å². The molecular formula is C22H17FN4O2S. The highest BCUT2D eigenvalue weighted by Crippen LogP contribution is 2.23. The van der Waals surface area contributed by atoms with Gasteiger partial charge in [-0.1, -0.05) is 18.2 Å². The zero-order valence-electron chi connectivity index (χ0n) is 15.7. The highest BCUT2D eigenvalue weighted by atomic mass is 32.2. The van der Waals surface area contributed by atoms with Gasteiger partial charge in [0.15, 0.2) is 0 Å². The summed E-state index contributed by atoms with van der Waals surface area (Å²) in [6.45, 7) is 0. The molecule has 30 heavy (non-hydrogen) atoms. The molecule has 4 rings (SSSR count). The summed E-state index contributed by atoms with van der Waals surface area (Å²) in [5.41, 5.74) is 6.61. The van der Waals surface area contributed by atoms with Gasteiger partial charge in [0.05, 0.1) is 11.3 Å². The van der Waals surface area contributed by atoms with E-state index >= 15 is 0 Å². The number of hydrazine groups is 1. The van der Waals surface area contributed by atoms with Crippen molar-refractivity contribution in [3.8, 4) is 0 Å². The van der Waals surface area contributed by atoms with Crippen molar-refractivity contribution in [1.29, 1.82) is 0 Å². The summed E-state index contributed by atoms with van der Waals surface area (Å²) in [6.07, 6.45) is 3.94. The Balaban J connectivity index is 1.32. The number of rotatable bonds is 5. The normalized spacial score (nSPS) is 10.7. The summed E-state index contributed by atoms with van der Waals surface area (Å²) in [5, 5.41) is 0. The highest BCUT2D eigenvalue weighted by molar-refractivity contribution is 7.98. The third-order valence-corrected chi connectivity index (χ3v) is 5.37. The number of amides is 2. The van der Waals surface area contributed by atoms with Crippen LogP contribution in [0, 0.1) is 5.82 Å². The van der Waals surface area contributed by atoms with Crippen molar-refractivity contribution in [1.82, 2.24) is 20.2 Å². The molecule has 0 saturated heterocycles. The Kier molecular flexibility index (Phi) is 5.76. The Labute approximate surface area is 176 Å². The molecule has 0 spiro atoms. The molecule has 0 radical (unpaired) electrons. The number of benzene rings is 2. The molecular weight excluding hydrogens is 403 g/mol. The van der Waals surface area contributed by atoms with Crippen LogP contribution in [0.25, 0.3) is 5.65 Å². The first kappa shape index (κ1) is 19.7. The number of hydrogen-bond donors (Lipinski definition) is 2. The summed E-state index contributed by atoms with van der Waals surface area (Å²) < 4.78 is 15.6. The first-order valence-corrected chi connectivity index (χ1v) is 10.1. The molecule has 2 N–H and O–H groups in total. The number of nitrogens with zero attached hydrogens (tertiary/aromatic N) is 2. The Bertz CT molecular complexity index is 1170. The molecule has 0 aliphatic carbocycles. The zero-order valence-corrected chi connectivity index (χ0v) is 16.5. The van der Waals surface area contributed by atoms with E-state index in [1.54, 1.807) is 30.0 Å². The number of carbonyl (C=O) groups excluding carboxylic acids is 2. The van der Waals surface area contributed by atoms with Crippen molar-refractivity contribution in [2.45, 2.75) is 10.6 Å². The standard InChI is InChI=1S/C22H17FN4O2S/c23-19-6-2-1-5-18(19)22(29)26-25-21(28)15-8-10-17(11-9-15)30-14-16-13-27-12-4-3-7-20(27)24-16/h1-13H,14H2,(H,25,28)(H,26,29). The number of carbonyl (C=O) groups is 2. The van der Waals surface area contributed by atoms with Crippen LogP contribution >= 0.6 is 11.8 Å². The van der Waals surface area contributed by atoms with Gasteiger partial charge in [-0.2, -0.15) is 0 Å². The second kappa shape index (κ2) is 8.79. The van der Waals surface area contributed by atoms with Crippen LogP contribution in [0.5, 0.6) is 0 Å². The molecule has 6 nitrogen and oxygen atoms in total. The van der Waals surface area contributed by atoms with Crippen molar-refractivity contribution in [3.05, 3.63) is 102 Å². The molecule has 0 fully saturated rings. The Morgan fingerprint density at radius 2 is 1.67 bits per heavy atom. The van der Waals surface area contributed by atoms with Gasteiger partial charge in [0.2, 0.25) is 0 Å². The minimum atomic E-state index is -0.721. The predicted octanol–water partition coefficient (Wildman–Crippen LogP) is 3.84. The molecule has 2 aromatic carbocycles. The third kappa shape index (κ3) is 4.49. The molecule has 2 heterocycles. The summed E-state index contributed by atoms with van der Waals surface area (Å²) in [7, 11) is 0. The number of aromatic nitrogens is 2. The maximum absolute atomic E-state index is 13.6. The van der Waals surface area contributed by atoms with Gasteiger partial charge in [0.25, 0.3) is 11.8 Å². The van der Waals surface area contributed by atoms with E-state index in [1.807, 2.05) is 47.1 Å². The number of fused-ring (bicyclic) bond motifs is 1. The Morgan fingerprint density at radius 3 is 2.43 bits per heavy atom. The summed E-state index contributed by atoms with van der Waals surface area (Å²) in [4.78, 5) is 29.7. The van der Waals surface area contributed by atoms with Gasteiger partial charge in [-0.15, -0.1) is 11.8 Å². The molecule has 0 bridgehead atoms.